The smallest absolute Gasteiger partial charge is 0.167 e. The van der Waals surface area contributed by atoms with E-state index < -0.39 is 0 Å². The number of halogens is 1. The summed E-state index contributed by atoms with van der Waals surface area (Å²) in [5, 5.41) is 0. The van der Waals surface area contributed by atoms with Crippen LogP contribution in [0.2, 0.25) is 0 Å². The molecule has 1 saturated carbocycles. The van der Waals surface area contributed by atoms with Crippen LogP contribution in [0.4, 0.5) is 10.1 Å². The molecule has 0 unspecified atom stereocenters. The fourth-order valence-electron chi connectivity index (χ4n) is 0.978. The molecule has 0 aliphatic heterocycles. The SMILES string of the molecule is Nc1ccc(OC2CC2)c(F)c1. The Bertz CT molecular complexity index is 297. The molecule has 0 radical (unpaired) electrons. The van der Waals surface area contributed by atoms with Gasteiger partial charge in [0.25, 0.3) is 0 Å². The summed E-state index contributed by atoms with van der Waals surface area (Å²) in [5.41, 5.74) is 5.80. The van der Waals surface area contributed by atoms with Crippen molar-refractivity contribution in [3.05, 3.63) is 24.0 Å². The van der Waals surface area contributed by atoms with Gasteiger partial charge in [0.15, 0.2) is 11.6 Å². The van der Waals surface area contributed by atoms with E-state index in [0.29, 0.717) is 11.4 Å². The van der Waals surface area contributed by atoms with Gasteiger partial charge >= 0.3 is 0 Å². The van der Waals surface area contributed by atoms with E-state index in [-0.39, 0.29) is 11.9 Å². The first-order valence-electron chi connectivity index (χ1n) is 3.97. The normalized spacial score (nSPS) is 16.1. The lowest BCUT2D eigenvalue weighted by atomic mass is 10.3. The fraction of sp³-hybridized carbons (Fsp3) is 0.333. The summed E-state index contributed by atoms with van der Waals surface area (Å²) in [6.07, 6.45) is 2.29. The van der Waals surface area contributed by atoms with Crippen LogP contribution in [0.25, 0.3) is 0 Å². The number of hydrogen-bond donors (Lipinski definition) is 1. The zero-order valence-electron chi connectivity index (χ0n) is 6.59. The number of benzene rings is 1. The molecule has 1 aromatic carbocycles. The van der Waals surface area contributed by atoms with Crippen LogP contribution in [0.5, 0.6) is 5.75 Å². The number of rotatable bonds is 2. The van der Waals surface area contributed by atoms with Gasteiger partial charge in [-0.3, -0.25) is 0 Å². The van der Waals surface area contributed by atoms with Crippen LogP contribution in [0, 0.1) is 5.82 Å². The van der Waals surface area contributed by atoms with E-state index in [0.717, 1.165) is 12.8 Å². The van der Waals surface area contributed by atoms with Gasteiger partial charge in [-0.05, 0) is 25.0 Å². The zero-order valence-corrected chi connectivity index (χ0v) is 6.59. The number of ether oxygens (including phenoxy) is 1. The number of anilines is 1. The lowest BCUT2D eigenvalue weighted by Crippen LogP contribution is -1.98. The Hall–Kier alpha value is -1.25. The van der Waals surface area contributed by atoms with Crippen LogP contribution >= 0.6 is 0 Å². The van der Waals surface area contributed by atoms with Crippen molar-refractivity contribution >= 4 is 5.69 Å². The maximum absolute atomic E-state index is 13.0. The highest BCUT2D eigenvalue weighted by molar-refractivity contribution is 5.42. The molecule has 64 valence electrons. The van der Waals surface area contributed by atoms with Crippen molar-refractivity contribution in [2.75, 3.05) is 5.73 Å². The van der Waals surface area contributed by atoms with Crippen LogP contribution in [-0.2, 0) is 0 Å². The average molecular weight is 167 g/mol. The summed E-state index contributed by atoms with van der Waals surface area (Å²) in [4.78, 5) is 0. The minimum atomic E-state index is -0.373. The second-order valence-electron chi connectivity index (χ2n) is 3.01. The molecule has 2 N–H and O–H groups in total. The maximum Gasteiger partial charge on any atom is 0.167 e. The maximum atomic E-state index is 13.0. The van der Waals surface area contributed by atoms with Crippen LogP contribution in [-0.4, -0.2) is 6.10 Å². The number of nitrogen functional groups attached to an aromatic ring is 1. The number of nitrogens with two attached hydrogens (primary N) is 1. The van der Waals surface area contributed by atoms with Gasteiger partial charge in [-0.25, -0.2) is 4.39 Å². The third kappa shape index (κ3) is 1.49. The van der Waals surface area contributed by atoms with Crippen molar-refractivity contribution in [3.8, 4) is 5.75 Å². The molecule has 3 heteroatoms. The van der Waals surface area contributed by atoms with Crippen molar-refractivity contribution in [2.24, 2.45) is 0 Å². The van der Waals surface area contributed by atoms with E-state index in [4.69, 9.17) is 10.5 Å². The Balaban J connectivity index is 2.18. The van der Waals surface area contributed by atoms with Crippen molar-refractivity contribution in [3.63, 3.8) is 0 Å². The monoisotopic (exact) mass is 167 g/mol. The minimum absolute atomic E-state index is 0.225. The first kappa shape index (κ1) is 7.40. The van der Waals surface area contributed by atoms with Crippen LogP contribution in [0.1, 0.15) is 12.8 Å². The highest BCUT2D eigenvalue weighted by Crippen LogP contribution is 2.29. The second kappa shape index (κ2) is 2.66. The average Bonchev–Trinajstić information content (AvgIpc) is 2.79. The third-order valence-corrected chi connectivity index (χ3v) is 1.77. The van der Waals surface area contributed by atoms with Gasteiger partial charge in [0, 0.05) is 11.8 Å². The molecule has 1 aromatic rings. The minimum Gasteiger partial charge on any atom is -0.487 e. The first-order valence-corrected chi connectivity index (χ1v) is 3.97. The highest BCUT2D eigenvalue weighted by Gasteiger charge is 2.24. The van der Waals surface area contributed by atoms with Crippen molar-refractivity contribution in [2.45, 2.75) is 18.9 Å². The van der Waals surface area contributed by atoms with Gasteiger partial charge in [0.1, 0.15) is 0 Å². The molecule has 2 rings (SSSR count). The standard InChI is InChI=1S/C9H10FNO/c10-8-5-6(11)1-4-9(8)12-7-2-3-7/h1,4-5,7H,2-3,11H2. The lowest BCUT2D eigenvalue weighted by Gasteiger charge is -2.05. The molecule has 0 spiro atoms. The number of hydrogen-bond acceptors (Lipinski definition) is 2. The summed E-state index contributed by atoms with van der Waals surface area (Å²) in [6, 6.07) is 4.49. The summed E-state index contributed by atoms with van der Waals surface area (Å²) in [7, 11) is 0. The van der Waals surface area contributed by atoms with E-state index in [1.807, 2.05) is 0 Å². The van der Waals surface area contributed by atoms with E-state index in [1.54, 1.807) is 12.1 Å². The van der Waals surface area contributed by atoms with Crippen molar-refractivity contribution in [1.29, 1.82) is 0 Å². The van der Waals surface area contributed by atoms with Crippen LogP contribution in [0.15, 0.2) is 18.2 Å². The fourth-order valence-corrected chi connectivity index (χ4v) is 0.978. The quantitative estimate of drug-likeness (QED) is 0.683. The molecule has 1 fully saturated rings. The summed E-state index contributed by atoms with van der Waals surface area (Å²) >= 11 is 0. The molecule has 2 nitrogen and oxygen atoms in total. The first-order chi connectivity index (χ1) is 5.75. The van der Waals surface area contributed by atoms with Gasteiger partial charge < -0.3 is 10.5 Å². The molecule has 0 atom stereocenters. The third-order valence-electron chi connectivity index (χ3n) is 1.77. The summed E-state index contributed by atoms with van der Waals surface area (Å²) in [6.45, 7) is 0. The van der Waals surface area contributed by atoms with Gasteiger partial charge in [-0.1, -0.05) is 0 Å². The Morgan fingerprint density at radius 1 is 1.42 bits per heavy atom. The Kier molecular flexibility index (Phi) is 1.64. The molecule has 0 aromatic heterocycles. The van der Waals surface area contributed by atoms with Crippen molar-refractivity contribution < 1.29 is 9.13 Å². The molecule has 0 heterocycles. The Labute approximate surface area is 70.1 Å². The summed E-state index contributed by atoms with van der Waals surface area (Å²) in [5.74, 6) is -0.0615. The van der Waals surface area contributed by atoms with Gasteiger partial charge in [0.2, 0.25) is 0 Å². The molecule has 1 aliphatic rings. The summed E-state index contributed by atoms with van der Waals surface area (Å²) < 4.78 is 18.3. The second-order valence-corrected chi connectivity index (χ2v) is 3.01. The van der Waals surface area contributed by atoms with Crippen LogP contribution in [0.3, 0.4) is 0 Å². The Morgan fingerprint density at radius 2 is 2.17 bits per heavy atom. The molecular weight excluding hydrogens is 157 g/mol. The predicted molar refractivity (Wildman–Crippen MR) is 44.5 cm³/mol. The van der Waals surface area contributed by atoms with Crippen LogP contribution < -0.4 is 10.5 Å². The van der Waals surface area contributed by atoms with Gasteiger partial charge in [-0.2, -0.15) is 0 Å². The molecule has 0 amide bonds. The van der Waals surface area contributed by atoms with E-state index in [2.05, 4.69) is 0 Å². The van der Waals surface area contributed by atoms with E-state index in [9.17, 15) is 4.39 Å². The van der Waals surface area contributed by atoms with E-state index >= 15 is 0 Å². The predicted octanol–water partition coefficient (Wildman–Crippen LogP) is 1.95. The topological polar surface area (TPSA) is 35.2 Å². The van der Waals surface area contributed by atoms with Crippen molar-refractivity contribution in [1.82, 2.24) is 0 Å². The molecule has 0 saturated heterocycles. The largest absolute Gasteiger partial charge is 0.487 e. The highest BCUT2D eigenvalue weighted by atomic mass is 19.1. The van der Waals surface area contributed by atoms with Gasteiger partial charge in [-0.15, -0.1) is 0 Å². The Morgan fingerprint density at radius 3 is 2.75 bits per heavy atom. The van der Waals surface area contributed by atoms with Gasteiger partial charge in [0.05, 0.1) is 6.10 Å². The lowest BCUT2D eigenvalue weighted by molar-refractivity contribution is 0.287. The molecular formula is C9H10FNO. The molecule has 12 heavy (non-hydrogen) atoms. The van der Waals surface area contributed by atoms with E-state index in [1.165, 1.54) is 6.07 Å². The molecule has 1 aliphatic carbocycles. The zero-order chi connectivity index (χ0) is 8.55. The molecule has 0 bridgehead atoms.